The minimum Gasteiger partial charge on any atom is -0.377 e. The molecule has 8 heteroatoms. The lowest BCUT2D eigenvalue weighted by atomic mass is 10.2. The van der Waals surface area contributed by atoms with Gasteiger partial charge in [0, 0.05) is 12.6 Å². The number of aromatic nitrogens is 2. The highest BCUT2D eigenvalue weighted by Gasteiger charge is 2.58. The summed E-state index contributed by atoms with van der Waals surface area (Å²) in [6.07, 6.45) is 1.19. The van der Waals surface area contributed by atoms with Gasteiger partial charge in [-0.25, -0.2) is 18.4 Å². The molecule has 1 unspecified atom stereocenters. The maximum atomic E-state index is 12.7. The molecule has 2 aliphatic rings. The molecule has 0 N–H and O–H groups in total. The van der Waals surface area contributed by atoms with Crippen molar-refractivity contribution in [2.45, 2.75) is 49.7 Å². The second kappa shape index (κ2) is 5.86. The molecule has 0 aromatic carbocycles. The minimum absolute atomic E-state index is 0.0985. The summed E-state index contributed by atoms with van der Waals surface area (Å²) < 4.78 is 30.0. The third kappa shape index (κ3) is 2.83. The van der Waals surface area contributed by atoms with Crippen molar-refractivity contribution < 1.29 is 13.2 Å². The smallest absolute Gasteiger partial charge is 0.224 e. The highest BCUT2D eigenvalue weighted by atomic mass is 35.5. The number of morpholine rings is 1. The highest BCUT2D eigenvalue weighted by molar-refractivity contribution is 7.93. The molecule has 0 radical (unpaired) electrons. The van der Waals surface area contributed by atoms with E-state index in [9.17, 15) is 8.42 Å². The van der Waals surface area contributed by atoms with E-state index in [4.69, 9.17) is 16.3 Å². The summed E-state index contributed by atoms with van der Waals surface area (Å²) in [5.74, 6) is 0.682. The average molecular weight is 360 g/mol. The van der Waals surface area contributed by atoms with Gasteiger partial charge in [-0.05, 0) is 45.2 Å². The molecule has 0 bridgehead atoms. The Hall–Kier alpha value is -0.920. The topological polar surface area (TPSA) is 72.4 Å². The fraction of sp³-hybridized carbons (Fsp3) is 0.733. The van der Waals surface area contributed by atoms with Crippen LogP contribution in [-0.2, 0) is 19.3 Å². The van der Waals surface area contributed by atoms with Gasteiger partial charge in [0.15, 0.2) is 9.84 Å². The van der Waals surface area contributed by atoms with Crippen molar-refractivity contribution in [3.05, 3.63) is 17.0 Å². The normalized spacial score (nSPS) is 24.0. The number of hydrogen-bond donors (Lipinski definition) is 0. The molecule has 2 fully saturated rings. The molecule has 1 aromatic heterocycles. The van der Waals surface area contributed by atoms with E-state index in [2.05, 4.69) is 14.9 Å². The number of halogens is 1. The van der Waals surface area contributed by atoms with Gasteiger partial charge in [0.2, 0.25) is 5.28 Å². The summed E-state index contributed by atoms with van der Waals surface area (Å²) in [6.45, 7) is 7.42. The quantitative estimate of drug-likeness (QED) is 0.767. The van der Waals surface area contributed by atoms with Crippen LogP contribution in [0.4, 0.5) is 5.82 Å². The standard InChI is InChI=1S/C15H22ClN3O3S/c1-10(2)23(20,21)15(4-5-15)12-8-13(18-14(16)17-12)19-6-7-22-9-11(19)3/h8,10-11H,4-7,9H2,1-3H3. The van der Waals surface area contributed by atoms with E-state index in [1.807, 2.05) is 6.92 Å². The summed E-state index contributed by atoms with van der Waals surface area (Å²) in [6, 6.07) is 1.96. The average Bonchev–Trinajstić information content (AvgIpc) is 3.29. The summed E-state index contributed by atoms with van der Waals surface area (Å²) in [5.41, 5.74) is 0.528. The van der Waals surface area contributed by atoms with Crippen LogP contribution >= 0.6 is 11.6 Å². The second-order valence-electron chi connectivity index (χ2n) is 6.59. The van der Waals surface area contributed by atoms with Gasteiger partial charge >= 0.3 is 0 Å². The second-order valence-corrected chi connectivity index (χ2v) is 9.74. The molecule has 128 valence electrons. The van der Waals surface area contributed by atoms with Crippen molar-refractivity contribution in [3.8, 4) is 0 Å². The summed E-state index contributed by atoms with van der Waals surface area (Å²) in [7, 11) is -3.29. The third-order valence-corrected chi connectivity index (χ3v) is 7.80. The van der Waals surface area contributed by atoms with Crippen LogP contribution in [0.3, 0.4) is 0 Å². The van der Waals surface area contributed by atoms with Crippen LogP contribution in [0.25, 0.3) is 0 Å². The number of sulfone groups is 1. The predicted octanol–water partition coefficient (Wildman–Crippen LogP) is 2.17. The predicted molar refractivity (Wildman–Crippen MR) is 89.6 cm³/mol. The van der Waals surface area contributed by atoms with Crippen LogP contribution in [0, 0.1) is 0 Å². The Morgan fingerprint density at radius 2 is 2.09 bits per heavy atom. The molecule has 2 heterocycles. The van der Waals surface area contributed by atoms with Crippen LogP contribution in [0.15, 0.2) is 6.07 Å². The summed E-state index contributed by atoms with van der Waals surface area (Å²) in [4.78, 5) is 10.7. The first-order chi connectivity index (χ1) is 10.8. The third-order valence-electron chi connectivity index (χ3n) is 4.68. The van der Waals surface area contributed by atoms with Gasteiger partial charge in [-0.1, -0.05) is 0 Å². The molecule has 6 nitrogen and oxygen atoms in total. The van der Waals surface area contributed by atoms with Crippen LogP contribution in [0.5, 0.6) is 0 Å². The number of hydrogen-bond acceptors (Lipinski definition) is 6. The van der Waals surface area contributed by atoms with Crippen molar-refractivity contribution in [1.82, 2.24) is 9.97 Å². The van der Waals surface area contributed by atoms with Crippen LogP contribution < -0.4 is 4.90 Å². The Morgan fingerprint density at radius 3 is 2.65 bits per heavy atom. The lowest BCUT2D eigenvalue weighted by molar-refractivity contribution is 0.0985. The molecule has 1 saturated carbocycles. The molecular formula is C15H22ClN3O3S. The van der Waals surface area contributed by atoms with E-state index in [1.54, 1.807) is 19.9 Å². The van der Waals surface area contributed by atoms with Crippen molar-refractivity contribution in [3.63, 3.8) is 0 Å². The van der Waals surface area contributed by atoms with Crippen molar-refractivity contribution >= 4 is 27.3 Å². The van der Waals surface area contributed by atoms with E-state index >= 15 is 0 Å². The zero-order valence-corrected chi connectivity index (χ0v) is 15.2. The van der Waals surface area contributed by atoms with Crippen molar-refractivity contribution in [2.75, 3.05) is 24.7 Å². The monoisotopic (exact) mass is 359 g/mol. The number of ether oxygens (including phenoxy) is 1. The van der Waals surface area contributed by atoms with Crippen molar-refractivity contribution in [2.24, 2.45) is 0 Å². The Balaban J connectivity index is 2.02. The first kappa shape index (κ1) is 16.9. The maximum absolute atomic E-state index is 12.7. The first-order valence-electron chi connectivity index (χ1n) is 7.91. The van der Waals surface area contributed by atoms with E-state index < -0.39 is 19.8 Å². The fourth-order valence-electron chi connectivity index (χ4n) is 3.10. The lowest BCUT2D eigenvalue weighted by Crippen LogP contribution is -2.44. The maximum Gasteiger partial charge on any atom is 0.224 e. The minimum atomic E-state index is -3.29. The zero-order valence-electron chi connectivity index (χ0n) is 13.6. The molecule has 1 atom stereocenters. The molecule has 0 amide bonds. The molecule has 3 rings (SSSR count). The van der Waals surface area contributed by atoms with E-state index in [0.29, 0.717) is 44.1 Å². The molecular weight excluding hydrogens is 338 g/mol. The Bertz CT molecular complexity index is 704. The molecule has 1 aromatic rings. The van der Waals surface area contributed by atoms with Gasteiger partial charge in [0.25, 0.3) is 0 Å². The largest absolute Gasteiger partial charge is 0.377 e. The Labute approximate surface area is 142 Å². The Morgan fingerprint density at radius 1 is 1.39 bits per heavy atom. The summed E-state index contributed by atoms with van der Waals surface area (Å²) in [5, 5.41) is -0.342. The lowest BCUT2D eigenvalue weighted by Gasteiger charge is -2.34. The molecule has 1 aliphatic carbocycles. The summed E-state index contributed by atoms with van der Waals surface area (Å²) >= 11 is 6.11. The van der Waals surface area contributed by atoms with Gasteiger partial charge < -0.3 is 9.64 Å². The van der Waals surface area contributed by atoms with E-state index in [1.165, 1.54) is 0 Å². The highest BCUT2D eigenvalue weighted by Crippen LogP contribution is 2.54. The molecule has 1 aliphatic heterocycles. The SMILES string of the molecule is CC1COCCN1c1cc(C2(S(=O)(=O)C(C)C)CC2)nc(Cl)n1. The molecule has 1 saturated heterocycles. The fourth-order valence-corrected chi connectivity index (χ4v) is 5.25. The first-order valence-corrected chi connectivity index (χ1v) is 9.83. The van der Waals surface area contributed by atoms with E-state index in [0.717, 1.165) is 0 Å². The van der Waals surface area contributed by atoms with Gasteiger partial charge in [-0.2, -0.15) is 0 Å². The van der Waals surface area contributed by atoms with Gasteiger partial charge in [0.1, 0.15) is 10.6 Å². The van der Waals surface area contributed by atoms with Crippen LogP contribution in [0.2, 0.25) is 5.28 Å². The number of rotatable bonds is 4. The van der Waals surface area contributed by atoms with E-state index in [-0.39, 0.29) is 11.3 Å². The molecule has 23 heavy (non-hydrogen) atoms. The van der Waals surface area contributed by atoms with Gasteiger partial charge in [0.05, 0.1) is 30.2 Å². The van der Waals surface area contributed by atoms with Gasteiger partial charge in [-0.15, -0.1) is 0 Å². The van der Waals surface area contributed by atoms with Gasteiger partial charge in [-0.3, -0.25) is 0 Å². The Kier molecular flexibility index (Phi) is 4.31. The van der Waals surface area contributed by atoms with Crippen LogP contribution in [-0.4, -0.2) is 49.4 Å². The van der Waals surface area contributed by atoms with Crippen molar-refractivity contribution in [1.29, 1.82) is 0 Å². The number of nitrogens with zero attached hydrogens (tertiary/aromatic N) is 3. The van der Waals surface area contributed by atoms with Crippen LogP contribution in [0.1, 0.15) is 39.3 Å². The molecule has 0 spiro atoms. The zero-order chi connectivity index (χ0) is 16.8. The number of anilines is 1.